The Labute approximate surface area is 90.7 Å². The van der Waals surface area contributed by atoms with Crippen LogP contribution in [0.1, 0.15) is 10.5 Å². The van der Waals surface area contributed by atoms with E-state index in [2.05, 4.69) is 17.3 Å². The summed E-state index contributed by atoms with van der Waals surface area (Å²) in [5, 5.41) is -0.579. The van der Waals surface area contributed by atoms with Crippen LogP contribution < -0.4 is 5.73 Å². The van der Waals surface area contributed by atoms with Crippen molar-refractivity contribution < 1.29 is 9.59 Å². The zero-order valence-electron chi connectivity index (χ0n) is 7.09. The van der Waals surface area contributed by atoms with E-state index in [1.807, 2.05) is 0 Å². The van der Waals surface area contributed by atoms with Gasteiger partial charge in [-0.1, -0.05) is 18.2 Å². The van der Waals surface area contributed by atoms with E-state index in [4.69, 9.17) is 23.2 Å². The van der Waals surface area contributed by atoms with Crippen molar-refractivity contribution in [2.45, 2.75) is 0 Å². The minimum atomic E-state index is -0.670. The summed E-state index contributed by atoms with van der Waals surface area (Å²) in [4.78, 5) is 22.6. The second-order valence-electron chi connectivity index (χ2n) is 2.13. The van der Waals surface area contributed by atoms with Crippen molar-refractivity contribution in [1.82, 2.24) is 4.98 Å². The summed E-state index contributed by atoms with van der Waals surface area (Å²) in [5.74, 6) is -0.670. The van der Waals surface area contributed by atoms with Crippen molar-refractivity contribution in [3.63, 3.8) is 0 Å². The zero-order chi connectivity index (χ0) is 11.1. The van der Waals surface area contributed by atoms with E-state index >= 15 is 0 Å². The summed E-state index contributed by atoms with van der Waals surface area (Å²) in [5.41, 5.74) is 5.00. The number of nitrogens with two attached hydrogens (primary N) is 1. The fourth-order valence-corrected chi connectivity index (χ4v) is 0.570. The summed E-state index contributed by atoms with van der Waals surface area (Å²) in [6.45, 7) is 3.05. The largest absolute Gasteiger partial charge is 0.365 e. The highest BCUT2D eigenvalue weighted by Gasteiger charge is 1.97. The number of primary amides is 1. The lowest BCUT2D eigenvalue weighted by molar-refractivity contribution is -0.113. The lowest BCUT2D eigenvalue weighted by atomic mass is 10.5. The molecular weight excluding hydrogens is 227 g/mol. The van der Waals surface area contributed by atoms with Gasteiger partial charge in [0.05, 0.1) is 10.7 Å². The molecule has 0 aromatic carbocycles. The number of H-pyrrole nitrogens is 1. The Morgan fingerprint density at radius 3 is 2.07 bits per heavy atom. The Morgan fingerprint density at radius 1 is 1.43 bits per heavy atom. The van der Waals surface area contributed by atoms with Gasteiger partial charge in [0.2, 0.25) is 0 Å². The van der Waals surface area contributed by atoms with Gasteiger partial charge in [-0.25, -0.2) is 0 Å². The van der Waals surface area contributed by atoms with Gasteiger partial charge in [-0.05, 0) is 23.7 Å². The van der Waals surface area contributed by atoms with E-state index in [0.29, 0.717) is 5.69 Å². The zero-order valence-corrected chi connectivity index (χ0v) is 8.60. The molecule has 1 aromatic heterocycles. The topological polar surface area (TPSA) is 76.0 Å². The normalized spacial score (nSPS) is 8.43. The molecule has 0 aliphatic heterocycles. The summed E-state index contributed by atoms with van der Waals surface area (Å²) in [6, 6.07) is 3.34. The van der Waals surface area contributed by atoms with Crippen molar-refractivity contribution >= 4 is 34.4 Å². The van der Waals surface area contributed by atoms with E-state index in [-0.39, 0.29) is 5.03 Å². The second-order valence-corrected chi connectivity index (χ2v) is 2.93. The highest BCUT2D eigenvalue weighted by molar-refractivity contribution is 6.67. The van der Waals surface area contributed by atoms with Gasteiger partial charge >= 0.3 is 0 Å². The fourth-order valence-electron chi connectivity index (χ4n) is 0.453. The van der Waals surface area contributed by atoms with Gasteiger partial charge in [0.1, 0.15) is 0 Å². The molecule has 0 saturated carbocycles. The van der Waals surface area contributed by atoms with Crippen LogP contribution >= 0.6 is 23.2 Å². The molecule has 0 aliphatic rings. The number of carbonyl (C=O) groups is 2. The molecule has 0 spiro atoms. The maximum Gasteiger partial charge on any atom is 0.268 e. The number of nitrogens with one attached hydrogen (secondary N) is 1. The van der Waals surface area contributed by atoms with E-state index < -0.39 is 11.1 Å². The average molecular weight is 235 g/mol. The van der Waals surface area contributed by atoms with Crippen LogP contribution in [0.15, 0.2) is 29.9 Å². The first-order valence-corrected chi connectivity index (χ1v) is 4.18. The molecule has 0 atom stereocenters. The van der Waals surface area contributed by atoms with Crippen molar-refractivity contribution in [3.8, 4) is 0 Å². The first-order chi connectivity index (χ1) is 6.45. The lowest BCUT2D eigenvalue weighted by Gasteiger charge is -1.79. The van der Waals surface area contributed by atoms with Crippen molar-refractivity contribution in [2.75, 3.05) is 0 Å². The first kappa shape index (κ1) is 12.7. The molecule has 0 radical (unpaired) electrons. The smallest absolute Gasteiger partial charge is 0.268 e. The van der Waals surface area contributed by atoms with Gasteiger partial charge in [0.25, 0.3) is 11.1 Å². The third-order valence-corrected chi connectivity index (χ3v) is 1.47. The SMILES string of the molecule is C=C(Cl)C(N)=O.O=C(Cl)c1ccc[nH]1. The molecule has 6 heteroatoms. The van der Waals surface area contributed by atoms with Crippen molar-refractivity contribution in [2.24, 2.45) is 5.73 Å². The van der Waals surface area contributed by atoms with Gasteiger partial charge < -0.3 is 10.7 Å². The van der Waals surface area contributed by atoms with Gasteiger partial charge in [-0.3, -0.25) is 9.59 Å². The van der Waals surface area contributed by atoms with Crippen LogP contribution in [0.3, 0.4) is 0 Å². The Morgan fingerprint density at radius 2 is 1.93 bits per heavy atom. The van der Waals surface area contributed by atoms with E-state index in [0.717, 1.165) is 0 Å². The van der Waals surface area contributed by atoms with Crippen molar-refractivity contribution in [1.29, 1.82) is 0 Å². The number of halogens is 2. The highest BCUT2D eigenvalue weighted by Crippen LogP contribution is 1.97. The van der Waals surface area contributed by atoms with Crippen LogP contribution in [0.4, 0.5) is 0 Å². The first-order valence-electron chi connectivity index (χ1n) is 3.42. The molecule has 3 N–H and O–H groups in total. The molecule has 0 unspecified atom stereocenters. The number of hydrogen-bond acceptors (Lipinski definition) is 2. The van der Waals surface area contributed by atoms with Gasteiger partial charge in [0.15, 0.2) is 0 Å². The van der Waals surface area contributed by atoms with Gasteiger partial charge in [-0.15, -0.1) is 0 Å². The number of aromatic nitrogens is 1. The predicted molar refractivity (Wildman–Crippen MR) is 55.2 cm³/mol. The van der Waals surface area contributed by atoms with Crippen LogP contribution in [0.2, 0.25) is 0 Å². The molecule has 76 valence electrons. The summed E-state index contributed by atoms with van der Waals surface area (Å²) in [6.07, 6.45) is 1.65. The Kier molecular flexibility index (Phi) is 5.67. The summed E-state index contributed by atoms with van der Waals surface area (Å²) < 4.78 is 0. The quantitative estimate of drug-likeness (QED) is 0.603. The third kappa shape index (κ3) is 5.40. The van der Waals surface area contributed by atoms with Gasteiger partial charge in [-0.2, -0.15) is 0 Å². The molecule has 1 rings (SSSR count). The number of carbonyl (C=O) groups excluding carboxylic acids is 2. The molecule has 14 heavy (non-hydrogen) atoms. The fraction of sp³-hybridized carbons (Fsp3) is 0. The van der Waals surface area contributed by atoms with E-state index in [9.17, 15) is 9.59 Å². The predicted octanol–water partition coefficient (Wildman–Crippen LogP) is 1.62. The number of aromatic amines is 1. The molecule has 1 aromatic rings. The van der Waals surface area contributed by atoms with Crippen molar-refractivity contribution in [3.05, 3.63) is 35.6 Å². The molecule has 0 saturated heterocycles. The standard InChI is InChI=1S/C5H4ClNO.C3H4ClNO/c6-5(8)4-2-1-3-7-4;1-2(4)3(5)6/h1-3,7H;1H2,(H2,5,6). The highest BCUT2D eigenvalue weighted by atomic mass is 35.5. The Hall–Kier alpha value is -1.26. The number of rotatable bonds is 2. The van der Waals surface area contributed by atoms with Crippen LogP contribution in [0.5, 0.6) is 0 Å². The number of hydrogen-bond donors (Lipinski definition) is 2. The molecule has 0 fully saturated rings. The van der Waals surface area contributed by atoms with Crippen LogP contribution in [0, 0.1) is 0 Å². The monoisotopic (exact) mass is 234 g/mol. The molecule has 4 nitrogen and oxygen atoms in total. The molecule has 1 heterocycles. The lowest BCUT2D eigenvalue weighted by Crippen LogP contribution is -2.08. The summed E-state index contributed by atoms with van der Waals surface area (Å²) in [7, 11) is 0. The molecular formula is C8H8Cl2N2O2. The maximum absolute atomic E-state index is 10.2. The molecule has 0 aliphatic carbocycles. The molecule has 1 amide bonds. The minimum absolute atomic E-state index is 0.130. The number of amides is 1. The van der Waals surface area contributed by atoms with Crippen LogP contribution in [-0.4, -0.2) is 16.1 Å². The van der Waals surface area contributed by atoms with Crippen LogP contribution in [0.25, 0.3) is 0 Å². The Balaban J connectivity index is 0.000000255. The minimum Gasteiger partial charge on any atom is -0.365 e. The second kappa shape index (κ2) is 6.23. The maximum atomic E-state index is 10.2. The van der Waals surface area contributed by atoms with E-state index in [1.165, 1.54) is 0 Å². The Bertz CT molecular complexity index is 321. The van der Waals surface area contributed by atoms with Crippen LogP contribution in [-0.2, 0) is 4.79 Å². The molecule has 0 bridgehead atoms. The average Bonchev–Trinajstić information content (AvgIpc) is 2.56. The summed E-state index contributed by atoms with van der Waals surface area (Å²) >= 11 is 10.0. The third-order valence-electron chi connectivity index (χ3n) is 1.08. The van der Waals surface area contributed by atoms with Gasteiger partial charge in [0, 0.05) is 6.20 Å². The van der Waals surface area contributed by atoms with E-state index in [1.54, 1.807) is 18.3 Å².